The molecule has 2 amide bonds. The van der Waals surface area contributed by atoms with Crippen molar-refractivity contribution in [2.45, 2.75) is 50.6 Å². The molecular weight excluding hydrogens is 499 g/mol. The van der Waals surface area contributed by atoms with Crippen LogP contribution in [0.5, 0.6) is 5.75 Å². The Morgan fingerprint density at radius 1 is 1.03 bits per heavy atom. The number of ether oxygens (including phenoxy) is 1. The minimum Gasteiger partial charge on any atom is -0.508 e. The predicted octanol–water partition coefficient (Wildman–Crippen LogP) is 4.49. The van der Waals surface area contributed by atoms with E-state index in [1.807, 2.05) is 30.3 Å². The molecule has 0 spiro atoms. The molecule has 4 atom stereocenters. The summed E-state index contributed by atoms with van der Waals surface area (Å²) in [5.41, 5.74) is 2.59. The lowest BCUT2D eigenvalue weighted by Crippen LogP contribution is -2.45. The number of benzene rings is 3. The zero-order valence-corrected chi connectivity index (χ0v) is 22.0. The van der Waals surface area contributed by atoms with Gasteiger partial charge in [0.1, 0.15) is 17.6 Å². The van der Waals surface area contributed by atoms with Crippen molar-refractivity contribution < 1.29 is 28.6 Å². The Balaban J connectivity index is 1.32. The molecule has 0 saturated heterocycles. The summed E-state index contributed by atoms with van der Waals surface area (Å²) in [6.07, 6.45) is 1.86. The van der Waals surface area contributed by atoms with Gasteiger partial charge in [-0.2, -0.15) is 0 Å². The third-order valence-corrected chi connectivity index (χ3v) is 7.30. The Morgan fingerprint density at radius 3 is 2.41 bits per heavy atom. The number of esters is 1. The zero-order chi connectivity index (χ0) is 27.9. The lowest BCUT2D eigenvalue weighted by molar-refractivity contribution is -0.145. The third-order valence-electron chi connectivity index (χ3n) is 7.30. The second-order valence-corrected chi connectivity index (χ2v) is 10.00. The number of phenols is 1. The Hall–Kier alpha value is -4.20. The van der Waals surface area contributed by atoms with E-state index in [2.05, 4.69) is 10.6 Å². The summed E-state index contributed by atoms with van der Waals surface area (Å²) >= 11 is 0. The minimum atomic E-state index is -0.866. The molecule has 1 aliphatic rings. The molecule has 0 aliphatic heterocycles. The van der Waals surface area contributed by atoms with Gasteiger partial charge in [-0.05, 0) is 61.1 Å². The number of nitrogens with one attached hydrogen (secondary N) is 2. The number of carbonyl (C=O) groups is 3. The molecule has 0 radical (unpaired) electrons. The van der Waals surface area contributed by atoms with Gasteiger partial charge in [-0.25, -0.2) is 9.18 Å². The minimum absolute atomic E-state index is 0.111. The number of methoxy groups -OCH3 is 1. The summed E-state index contributed by atoms with van der Waals surface area (Å²) in [7, 11) is 1.27. The number of carbonyl (C=O) groups excluding carboxylic acids is 3. The number of aromatic hydroxyl groups is 1. The van der Waals surface area contributed by atoms with E-state index < -0.39 is 17.9 Å². The number of hydrogen-bond acceptors (Lipinski definition) is 5. The van der Waals surface area contributed by atoms with E-state index in [1.165, 1.54) is 25.3 Å². The first-order valence-electron chi connectivity index (χ1n) is 13.1. The van der Waals surface area contributed by atoms with E-state index in [1.54, 1.807) is 31.2 Å². The highest BCUT2D eigenvalue weighted by Gasteiger charge is 2.34. The molecule has 8 heteroatoms. The van der Waals surface area contributed by atoms with Crippen molar-refractivity contribution in [3.05, 3.63) is 89.7 Å². The van der Waals surface area contributed by atoms with Gasteiger partial charge in [0, 0.05) is 23.9 Å². The molecule has 3 aromatic rings. The largest absolute Gasteiger partial charge is 0.508 e. The van der Waals surface area contributed by atoms with Crippen molar-refractivity contribution in [1.82, 2.24) is 10.6 Å². The molecule has 39 heavy (non-hydrogen) atoms. The second kappa shape index (κ2) is 12.6. The summed E-state index contributed by atoms with van der Waals surface area (Å²) in [4.78, 5) is 38.3. The van der Waals surface area contributed by atoms with Crippen LogP contribution in [0.2, 0.25) is 0 Å². The molecule has 0 bridgehead atoms. The Kier molecular flexibility index (Phi) is 8.96. The van der Waals surface area contributed by atoms with Crippen molar-refractivity contribution in [3.63, 3.8) is 0 Å². The van der Waals surface area contributed by atoms with Gasteiger partial charge in [-0.1, -0.05) is 54.6 Å². The molecule has 7 nitrogen and oxygen atoms in total. The third kappa shape index (κ3) is 7.02. The maximum absolute atomic E-state index is 14.8. The average Bonchev–Trinajstić information content (AvgIpc) is 3.42. The molecule has 4 rings (SSSR count). The van der Waals surface area contributed by atoms with Crippen LogP contribution in [0.3, 0.4) is 0 Å². The first-order valence-corrected chi connectivity index (χ1v) is 13.1. The molecule has 3 N–H and O–H groups in total. The van der Waals surface area contributed by atoms with E-state index in [9.17, 15) is 23.9 Å². The number of phenolic OH excluding ortho intramolecular Hbond substituents is 1. The molecule has 0 aromatic heterocycles. The Bertz CT molecular complexity index is 1310. The maximum atomic E-state index is 14.8. The van der Waals surface area contributed by atoms with E-state index in [0.29, 0.717) is 30.4 Å². The summed E-state index contributed by atoms with van der Waals surface area (Å²) < 4.78 is 19.7. The summed E-state index contributed by atoms with van der Waals surface area (Å²) in [6, 6.07) is 19.4. The van der Waals surface area contributed by atoms with Crippen LogP contribution in [-0.2, 0) is 25.5 Å². The van der Waals surface area contributed by atoms with Crippen molar-refractivity contribution in [2.24, 2.45) is 5.92 Å². The zero-order valence-electron chi connectivity index (χ0n) is 22.0. The van der Waals surface area contributed by atoms with Crippen LogP contribution in [0.1, 0.15) is 43.2 Å². The van der Waals surface area contributed by atoms with Gasteiger partial charge >= 0.3 is 5.97 Å². The molecular formula is C31H33FN2O5. The fourth-order valence-corrected chi connectivity index (χ4v) is 4.97. The monoisotopic (exact) mass is 532 g/mol. The second-order valence-electron chi connectivity index (χ2n) is 10.00. The number of halogens is 1. The molecule has 3 aromatic carbocycles. The lowest BCUT2D eigenvalue weighted by Gasteiger charge is -2.20. The average molecular weight is 533 g/mol. The van der Waals surface area contributed by atoms with Crippen LogP contribution in [0.4, 0.5) is 4.39 Å². The number of rotatable bonds is 9. The van der Waals surface area contributed by atoms with Crippen LogP contribution in [0.25, 0.3) is 11.1 Å². The highest BCUT2D eigenvalue weighted by atomic mass is 19.1. The first-order chi connectivity index (χ1) is 18.7. The topological polar surface area (TPSA) is 105 Å². The molecule has 1 aliphatic carbocycles. The van der Waals surface area contributed by atoms with Gasteiger partial charge in [0.2, 0.25) is 11.8 Å². The van der Waals surface area contributed by atoms with E-state index in [0.717, 1.165) is 11.1 Å². The normalized spacial score (nSPS) is 18.1. The highest BCUT2D eigenvalue weighted by Crippen LogP contribution is 2.29. The smallest absolute Gasteiger partial charge is 0.328 e. The van der Waals surface area contributed by atoms with E-state index in [4.69, 9.17) is 4.74 Å². The van der Waals surface area contributed by atoms with Gasteiger partial charge in [0.05, 0.1) is 13.0 Å². The molecule has 0 unspecified atom stereocenters. The van der Waals surface area contributed by atoms with E-state index in [-0.39, 0.29) is 41.8 Å². The standard InChI is InChI=1S/C31H33FN2O5/c1-19(22-11-15-26(27(32)18-22)21-6-4-3-5-7-21)29(36)33-24-12-10-23(17-24)30(37)34-28(31(38)39-2)16-20-8-13-25(35)14-9-20/h3-9,11,13-15,18-19,23-24,28,35H,10,12,16-17H2,1-2H3,(H,33,36)(H,34,37)/t19-,23-,24+,28-/m0/s1. The fraction of sp³-hybridized carbons (Fsp3) is 0.323. The van der Waals surface area contributed by atoms with Gasteiger partial charge in [0.25, 0.3) is 0 Å². The lowest BCUT2D eigenvalue weighted by atomic mass is 9.96. The van der Waals surface area contributed by atoms with Crippen molar-refractivity contribution in [2.75, 3.05) is 7.11 Å². The van der Waals surface area contributed by atoms with Gasteiger partial charge < -0.3 is 20.5 Å². The highest BCUT2D eigenvalue weighted by molar-refractivity contribution is 5.87. The fourth-order valence-electron chi connectivity index (χ4n) is 4.97. The first kappa shape index (κ1) is 27.8. The van der Waals surface area contributed by atoms with Gasteiger partial charge in [-0.15, -0.1) is 0 Å². The van der Waals surface area contributed by atoms with Crippen molar-refractivity contribution in [3.8, 4) is 16.9 Å². The van der Waals surface area contributed by atoms with Crippen LogP contribution in [0.15, 0.2) is 72.8 Å². The molecule has 204 valence electrons. The quantitative estimate of drug-likeness (QED) is 0.353. The van der Waals surface area contributed by atoms with Crippen LogP contribution in [-0.4, -0.2) is 42.1 Å². The summed E-state index contributed by atoms with van der Waals surface area (Å²) in [5, 5.41) is 15.3. The van der Waals surface area contributed by atoms with Crippen molar-refractivity contribution in [1.29, 1.82) is 0 Å². The van der Waals surface area contributed by atoms with Crippen molar-refractivity contribution >= 4 is 17.8 Å². The Morgan fingerprint density at radius 2 is 1.74 bits per heavy atom. The van der Waals surface area contributed by atoms with Gasteiger partial charge in [0.15, 0.2) is 0 Å². The van der Waals surface area contributed by atoms with Crippen LogP contribution < -0.4 is 10.6 Å². The molecule has 1 fully saturated rings. The van der Waals surface area contributed by atoms with Crippen LogP contribution >= 0.6 is 0 Å². The van der Waals surface area contributed by atoms with E-state index >= 15 is 0 Å². The molecule has 1 saturated carbocycles. The van der Waals surface area contributed by atoms with Gasteiger partial charge in [-0.3, -0.25) is 9.59 Å². The van der Waals surface area contributed by atoms with Crippen LogP contribution in [0, 0.1) is 11.7 Å². The summed E-state index contributed by atoms with van der Waals surface area (Å²) in [6.45, 7) is 1.73. The number of hydrogen-bond donors (Lipinski definition) is 3. The molecule has 0 heterocycles. The summed E-state index contributed by atoms with van der Waals surface area (Å²) in [5.74, 6) is -2.26. The SMILES string of the molecule is COC(=O)[C@H](Cc1ccc(O)cc1)NC(=O)[C@H]1CC[C@@H](NC(=O)[C@@H](C)c2ccc(-c3ccccc3)c(F)c2)C1. The Labute approximate surface area is 227 Å². The number of amides is 2. The maximum Gasteiger partial charge on any atom is 0.328 e. The predicted molar refractivity (Wildman–Crippen MR) is 145 cm³/mol.